The van der Waals surface area contributed by atoms with Crippen LogP contribution in [0.2, 0.25) is 5.02 Å². The molecule has 0 bridgehead atoms. The zero-order valence-electron chi connectivity index (χ0n) is 12.7. The van der Waals surface area contributed by atoms with Crippen molar-refractivity contribution < 1.29 is 9.90 Å². The first-order valence-corrected chi connectivity index (χ1v) is 8.12. The summed E-state index contributed by atoms with van der Waals surface area (Å²) in [5, 5.41) is 10.9. The molecular weight excluding hydrogens is 300 g/mol. The second-order valence-electron chi connectivity index (χ2n) is 6.19. The van der Waals surface area contributed by atoms with Crippen molar-refractivity contribution in [1.29, 1.82) is 0 Å². The number of carbonyl (C=O) groups is 1. The number of hydrogen-bond donors (Lipinski definition) is 2. The van der Waals surface area contributed by atoms with Gasteiger partial charge in [0.25, 0.3) is 5.91 Å². The molecule has 1 aliphatic rings. The Kier molecular flexibility index (Phi) is 4.41. The highest BCUT2D eigenvalue weighted by atomic mass is 35.5. The number of fused-ring (bicyclic) bond motifs is 1. The third-order valence-electron chi connectivity index (χ3n) is 4.76. The number of amides is 1. The maximum atomic E-state index is 12.7. The van der Waals surface area contributed by atoms with Crippen LogP contribution >= 0.6 is 11.6 Å². The van der Waals surface area contributed by atoms with Crippen molar-refractivity contribution in [3.05, 3.63) is 35.0 Å². The highest BCUT2D eigenvalue weighted by molar-refractivity contribution is 6.31. The predicted molar refractivity (Wildman–Crippen MR) is 88.2 cm³/mol. The van der Waals surface area contributed by atoms with Gasteiger partial charge in [-0.05, 0) is 49.8 Å². The quantitative estimate of drug-likeness (QED) is 0.910. The zero-order chi connectivity index (χ0) is 15.7. The number of nitrogens with zero attached hydrogens (tertiary/aromatic N) is 1. The maximum absolute atomic E-state index is 12.7. The first kappa shape index (κ1) is 15.4. The third-order valence-corrected chi connectivity index (χ3v) is 4.99. The molecule has 0 radical (unpaired) electrons. The fourth-order valence-corrected chi connectivity index (χ4v) is 3.46. The van der Waals surface area contributed by atoms with Crippen LogP contribution in [0.4, 0.5) is 0 Å². The summed E-state index contributed by atoms with van der Waals surface area (Å²) in [6.45, 7) is 0.257. The van der Waals surface area contributed by atoms with Gasteiger partial charge in [-0.25, -0.2) is 0 Å². The Morgan fingerprint density at radius 1 is 1.32 bits per heavy atom. The molecular formula is C17H21ClN2O2. The number of benzene rings is 1. The summed E-state index contributed by atoms with van der Waals surface area (Å²) in [5.41, 5.74) is 1.48. The van der Waals surface area contributed by atoms with E-state index in [9.17, 15) is 9.90 Å². The van der Waals surface area contributed by atoms with E-state index in [1.54, 1.807) is 0 Å². The Balaban J connectivity index is 1.74. The van der Waals surface area contributed by atoms with Gasteiger partial charge < -0.3 is 15.0 Å². The van der Waals surface area contributed by atoms with Crippen molar-refractivity contribution in [3.63, 3.8) is 0 Å². The van der Waals surface area contributed by atoms with Crippen LogP contribution in [0, 0.1) is 5.92 Å². The molecule has 118 valence electrons. The molecule has 5 heteroatoms. The smallest absolute Gasteiger partial charge is 0.270 e. The lowest BCUT2D eigenvalue weighted by atomic mass is 9.86. The summed E-state index contributed by atoms with van der Waals surface area (Å²) in [7, 11) is 1.87. The van der Waals surface area contributed by atoms with E-state index >= 15 is 0 Å². The maximum Gasteiger partial charge on any atom is 0.270 e. The van der Waals surface area contributed by atoms with Gasteiger partial charge in [-0.3, -0.25) is 4.79 Å². The number of halogens is 1. The van der Waals surface area contributed by atoms with E-state index in [0.29, 0.717) is 16.6 Å². The van der Waals surface area contributed by atoms with E-state index in [0.717, 1.165) is 36.6 Å². The van der Waals surface area contributed by atoms with Gasteiger partial charge in [0.2, 0.25) is 0 Å². The second kappa shape index (κ2) is 6.31. The number of H-pyrrole nitrogens is 1. The van der Waals surface area contributed by atoms with Crippen molar-refractivity contribution in [1.82, 2.24) is 9.88 Å². The molecule has 2 aromatic rings. The van der Waals surface area contributed by atoms with Crippen LogP contribution in [-0.4, -0.2) is 40.6 Å². The molecule has 0 spiro atoms. The zero-order valence-corrected chi connectivity index (χ0v) is 13.4. The first-order chi connectivity index (χ1) is 10.6. The number of rotatable bonds is 3. The van der Waals surface area contributed by atoms with Crippen molar-refractivity contribution >= 4 is 28.4 Å². The molecule has 1 saturated carbocycles. The molecule has 1 amide bonds. The number of hydrogen-bond acceptors (Lipinski definition) is 2. The second-order valence-corrected chi connectivity index (χ2v) is 6.62. The first-order valence-electron chi connectivity index (χ1n) is 7.74. The van der Waals surface area contributed by atoms with Gasteiger partial charge in [0, 0.05) is 35.6 Å². The van der Waals surface area contributed by atoms with Gasteiger partial charge in [0.05, 0.1) is 0 Å². The average Bonchev–Trinajstić information content (AvgIpc) is 2.96. The lowest BCUT2D eigenvalue weighted by molar-refractivity contribution is 0.0648. The number of aromatic amines is 1. The van der Waals surface area contributed by atoms with E-state index in [-0.39, 0.29) is 18.6 Å². The number of aromatic nitrogens is 1. The fraction of sp³-hybridized carbons (Fsp3) is 0.471. The van der Waals surface area contributed by atoms with E-state index in [2.05, 4.69) is 4.98 Å². The largest absolute Gasteiger partial charge is 0.396 e. The number of aliphatic hydroxyl groups excluding tert-OH is 1. The third kappa shape index (κ3) is 2.99. The summed E-state index contributed by atoms with van der Waals surface area (Å²) in [4.78, 5) is 17.7. The lowest BCUT2D eigenvalue weighted by Crippen LogP contribution is -2.40. The SMILES string of the molecule is CN(C(=O)c1cc2ccc(Cl)cc2[nH]1)C1CCC(CO)CC1. The Labute approximate surface area is 135 Å². The van der Waals surface area contributed by atoms with Crippen LogP contribution in [0.15, 0.2) is 24.3 Å². The van der Waals surface area contributed by atoms with E-state index in [1.165, 1.54) is 0 Å². The normalized spacial score (nSPS) is 22.0. The van der Waals surface area contributed by atoms with Gasteiger partial charge in [0.15, 0.2) is 0 Å². The molecule has 0 saturated heterocycles. The fourth-order valence-electron chi connectivity index (χ4n) is 3.29. The Hall–Kier alpha value is -1.52. The van der Waals surface area contributed by atoms with Crippen molar-refractivity contribution in [2.45, 2.75) is 31.7 Å². The van der Waals surface area contributed by atoms with Gasteiger partial charge in [0.1, 0.15) is 5.69 Å². The van der Waals surface area contributed by atoms with E-state index in [4.69, 9.17) is 11.6 Å². The summed E-state index contributed by atoms with van der Waals surface area (Å²) in [5.74, 6) is 0.412. The van der Waals surface area contributed by atoms with Crippen LogP contribution in [0.1, 0.15) is 36.2 Å². The number of aliphatic hydroxyl groups is 1. The van der Waals surface area contributed by atoms with Gasteiger partial charge >= 0.3 is 0 Å². The van der Waals surface area contributed by atoms with Crippen LogP contribution in [0.3, 0.4) is 0 Å². The monoisotopic (exact) mass is 320 g/mol. The molecule has 0 atom stereocenters. The summed E-state index contributed by atoms with van der Waals surface area (Å²) in [6, 6.07) is 7.71. The minimum atomic E-state index is 0.0137. The van der Waals surface area contributed by atoms with Crippen LogP contribution in [-0.2, 0) is 0 Å². The lowest BCUT2D eigenvalue weighted by Gasteiger charge is -2.33. The predicted octanol–water partition coefficient (Wildman–Crippen LogP) is 3.44. The molecule has 1 fully saturated rings. The van der Waals surface area contributed by atoms with Crippen LogP contribution in [0.5, 0.6) is 0 Å². The van der Waals surface area contributed by atoms with E-state index in [1.807, 2.05) is 36.2 Å². The Bertz CT molecular complexity index is 674. The summed E-state index contributed by atoms with van der Waals surface area (Å²) in [6.07, 6.45) is 3.89. The number of carbonyl (C=O) groups excluding carboxylic acids is 1. The van der Waals surface area contributed by atoms with Crippen molar-refractivity contribution in [3.8, 4) is 0 Å². The van der Waals surface area contributed by atoms with Gasteiger partial charge in [-0.15, -0.1) is 0 Å². The molecule has 4 nitrogen and oxygen atoms in total. The topological polar surface area (TPSA) is 56.3 Å². The summed E-state index contributed by atoms with van der Waals surface area (Å²) >= 11 is 5.98. The molecule has 0 aliphatic heterocycles. The average molecular weight is 321 g/mol. The Morgan fingerprint density at radius 2 is 2.05 bits per heavy atom. The minimum absolute atomic E-state index is 0.0137. The molecule has 0 unspecified atom stereocenters. The highest BCUT2D eigenvalue weighted by Crippen LogP contribution is 2.28. The van der Waals surface area contributed by atoms with Gasteiger partial charge in [-0.2, -0.15) is 0 Å². The minimum Gasteiger partial charge on any atom is -0.396 e. The molecule has 1 aromatic carbocycles. The highest BCUT2D eigenvalue weighted by Gasteiger charge is 2.27. The molecule has 3 rings (SSSR count). The van der Waals surface area contributed by atoms with Crippen molar-refractivity contribution in [2.24, 2.45) is 5.92 Å². The van der Waals surface area contributed by atoms with Crippen molar-refractivity contribution in [2.75, 3.05) is 13.7 Å². The summed E-state index contributed by atoms with van der Waals surface area (Å²) < 4.78 is 0. The standard InChI is InChI=1S/C17H21ClN2O2/c1-20(14-6-2-11(10-21)3-7-14)17(22)16-8-12-4-5-13(18)9-15(12)19-16/h4-5,8-9,11,14,19,21H,2-3,6-7,10H2,1H3. The van der Waals surface area contributed by atoms with E-state index < -0.39 is 0 Å². The molecule has 1 heterocycles. The number of nitrogens with one attached hydrogen (secondary N) is 1. The Morgan fingerprint density at radius 3 is 2.73 bits per heavy atom. The molecule has 1 aliphatic carbocycles. The van der Waals surface area contributed by atoms with Gasteiger partial charge in [-0.1, -0.05) is 17.7 Å². The van der Waals surface area contributed by atoms with Crippen LogP contribution in [0.25, 0.3) is 10.9 Å². The molecule has 1 aromatic heterocycles. The van der Waals surface area contributed by atoms with Crippen LogP contribution < -0.4 is 0 Å². The molecule has 2 N–H and O–H groups in total. The molecule has 22 heavy (non-hydrogen) atoms.